The molecule has 0 saturated heterocycles. The summed E-state index contributed by atoms with van der Waals surface area (Å²) in [4.78, 5) is 11.7. The molecule has 140 valence electrons. The first-order valence-corrected chi connectivity index (χ1v) is 9.74. The van der Waals surface area contributed by atoms with E-state index in [4.69, 9.17) is 9.47 Å². The molecule has 0 unspecified atom stereocenters. The maximum Gasteiger partial charge on any atom is 0.407 e. The van der Waals surface area contributed by atoms with Crippen LogP contribution in [0.4, 0.5) is 4.79 Å². The number of aliphatic hydroxyl groups excluding tert-OH is 1. The number of nitrogens with one attached hydrogen (secondary N) is 1. The molecule has 0 spiro atoms. The SMILES string of the molecule is CC(C)(C)OC(=O)NC[C@H](O)COc1cccc(S(=O)(=O)C2CC2)c1. The van der Waals surface area contributed by atoms with Gasteiger partial charge in [0.15, 0.2) is 9.84 Å². The molecule has 1 saturated carbocycles. The van der Waals surface area contributed by atoms with E-state index in [2.05, 4.69) is 5.32 Å². The molecular weight excluding hydrogens is 346 g/mol. The Hall–Kier alpha value is -1.80. The molecule has 1 atom stereocenters. The van der Waals surface area contributed by atoms with E-state index in [1.807, 2.05) is 0 Å². The molecule has 0 radical (unpaired) electrons. The highest BCUT2D eigenvalue weighted by atomic mass is 32.2. The predicted molar refractivity (Wildman–Crippen MR) is 92.4 cm³/mol. The van der Waals surface area contributed by atoms with Gasteiger partial charge >= 0.3 is 6.09 Å². The number of hydrogen-bond acceptors (Lipinski definition) is 6. The standard InChI is InChI=1S/C17H25NO6S/c1-17(2,3)24-16(20)18-10-12(19)11-23-13-5-4-6-15(9-13)25(21,22)14-7-8-14/h4-6,9,12,14,19H,7-8,10-11H2,1-3H3,(H,18,20)/t12-/m0/s1. The van der Waals surface area contributed by atoms with Crippen LogP contribution in [-0.4, -0.2) is 49.7 Å². The molecule has 0 heterocycles. The van der Waals surface area contributed by atoms with Gasteiger partial charge in [-0.3, -0.25) is 0 Å². The Bertz CT molecular complexity index is 706. The third-order valence-electron chi connectivity index (χ3n) is 3.42. The number of alkyl carbamates (subject to hydrolysis) is 1. The summed E-state index contributed by atoms with van der Waals surface area (Å²) in [6, 6.07) is 6.23. The maximum absolute atomic E-state index is 12.2. The molecule has 2 N–H and O–H groups in total. The molecule has 25 heavy (non-hydrogen) atoms. The third-order valence-corrected chi connectivity index (χ3v) is 5.68. The molecule has 1 aliphatic rings. The van der Waals surface area contributed by atoms with Gasteiger partial charge in [0.1, 0.15) is 24.1 Å². The Balaban J connectivity index is 1.82. The molecule has 2 rings (SSSR count). The number of aliphatic hydroxyl groups is 1. The van der Waals surface area contributed by atoms with Crippen LogP contribution < -0.4 is 10.1 Å². The quantitative estimate of drug-likeness (QED) is 0.759. The Morgan fingerprint density at radius 2 is 2.04 bits per heavy atom. The summed E-state index contributed by atoms with van der Waals surface area (Å²) >= 11 is 0. The van der Waals surface area contributed by atoms with E-state index in [9.17, 15) is 18.3 Å². The van der Waals surface area contributed by atoms with E-state index in [0.717, 1.165) is 0 Å². The second kappa shape index (κ2) is 7.61. The molecule has 8 heteroatoms. The highest BCUT2D eigenvalue weighted by molar-refractivity contribution is 7.92. The van der Waals surface area contributed by atoms with Crippen LogP contribution in [0.5, 0.6) is 5.75 Å². The number of sulfone groups is 1. The molecule has 1 amide bonds. The van der Waals surface area contributed by atoms with Crippen LogP contribution in [0.1, 0.15) is 33.6 Å². The average molecular weight is 371 g/mol. The van der Waals surface area contributed by atoms with Crippen LogP contribution in [0.2, 0.25) is 0 Å². The van der Waals surface area contributed by atoms with Crippen molar-refractivity contribution in [3.8, 4) is 5.75 Å². The minimum absolute atomic E-state index is 0.0328. The lowest BCUT2D eigenvalue weighted by Gasteiger charge is -2.20. The van der Waals surface area contributed by atoms with Gasteiger partial charge in [0.05, 0.1) is 16.7 Å². The van der Waals surface area contributed by atoms with Crippen molar-refractivity contribution >= 4 is 15.9 Å². The molecule has 1 aliphatic carbocycles. The summed E-state index contributed by atoms with van der Waals surface area (Å²) in [6.07, 6.45) is -0.175. The summed E-state index contributed by atoms with van der Waals surface area (Å²) in [5.41, 5.74) is -0.612. The van der Waals surface area contributed by atoms with Gasteiger partial charge < -0.3 is 19.9 Å². The molecule has 1 aromatic rings. The van der Waals surface area contributed by atoms with Gasteiger partial charge in [-0.1, -0.05) is 6.07 Å². The van der Waals surface area contributed by atoms with Crippen LogP contribution in [0.25, 0.3) is 0 Å². The van der Waals surface area contributed by atoms with Crippen LogP contribution in [-0.2, 0) is 14.6 Å². The minimum atomic E-state index is -3.28. The van der Waals surface area contributed by atoms with Gasteiger partial charge in [-0.2, -0.15) is 0 Å². The highest BCUT2D eigenvalue weighted by Crippen LogP contribution is 2.34. The van der Waals surface area contributed by atoms with Crippen LogP contribution >= 0.6 is 0 Å². The normalized spacial score (nSPS) is 16.2. The van der Waals surface area contributed by atoms with Gasteiger partial charge in [-0.25, -0.2) is 13.2 Å². The van der Waals surface area contributed by atoms with Crippen molar-refractivity contribution in [2.45, 2.75) is 55.5 Å². The van der Waals surface area contributed by atoms with Crippen molar-refractivity contribution in [3.63, 3.8) is 0 Å². The highest BCUT2D eigenvalue weighted by Gasteiger charge is 2.36. The largest absolute Gasteiger partial charge is 0.491 e. The summed E-state index contributed by atoms with van der Waals surface area (Å²) < 4.78 is 34.9. The average Bonchev–Trinajstić information content (AvgIpc) is 3.35. The van der Waals surface area contributed by atoms with Gasteiger partial charge in [0.25, 0.3) is 0 Å². The number of amides is 1. The summed E-state index contributed by atoms with van der Waals surface area (Å²) in [7, 11) is -3.28. The van der Waals surface area contributed by atoms with Gasteiger partial charge in [0.2, 0.25) is 0 Å². The molecular formula is C17H25NO6S. The van der Waals surface area contributed by atoms with Gasteiger partial charge in [0, 0.05) is 0 Å². The Labute approximate surface area is 148 Å². The van der Waals surface area contributed by atoms with Crippen LogP contribution in [0.3, 0.4) is 0 Å². The Morgan fingerprint density at radius 3 is 2.64 bits per heavy atom. The topological polar surface area (TPSA) is 102 Å². The summed E-state index contributed by atoms with van der Waals surface area (Å²) in [5.74, 6) is 0.359. The lowest BCUT2D eigenvalue weighted by Crippen LogP contribution is -2.38. The molecule has 1 fully saturated rings. The van der Waals surface area contributed by atoms with E-state index in [1.165, 1.54) is 6.07 Å². The first-order valence-electron chi connectivity index (χ1n) is 8.19. The Morgan fingerprint density at radius 1 is 1.36 bits per heavy atom. The van der Waals surface area contributed by atoms with E-state index in [0.29, 0.717) is 18.6 Å². The summed E-state index contributed by atoms with van der Waals surface area (Å²) in [6.45, 7) is 5.12. The molecule has 7 nitrogen and oxygen atoms in total. The van der Waals surface area contributed by atoms with Crippen molar-refractivity contribution in [2.24, 2.45) is 0 Å². The van der Waals surface area contributed by atoms with Crippen LogP contribution in [0, 0.1) is 0 Å². The number of carbonyl (C=O) groups excluding carboxylic acids is 1. The van der Waals surface area contributed by atoms with Crippen molar-refractivity contribution in [1.29, 1.82) is 0 Å². The molecule has 0 aliphatic heterocycles. The van der Waals surface area contributed by atoms with Crippen molar-refractivity contribution < 1.29 is 27.8 Å². The smallest absolute Gasteiger partial charge is 0.407 e. The van der Waals surface area contributed by atoms with Crippen molar-refractivity contribution in [3.05, 3.63) is 24.3 Å². The fourth-order valence-corrected chi connectivity index (χ4v) is 3.77. The van der Waals surface area contributed by atoms with Crippen molar-refractivity contribution in [1.82, 2.24) is 5.32 Å². The zero-order chi connectivity index (χ0) is 18.7. The van der Waals surface area contributed by atoms with Gasteiger partial charge in [-0.15, -0.1) is 0 Å². The third kappa shape index (κ3) is 6.21. The fraction of sp³-hybridized carbons (Fsp3) is 0.588. The molecule has 1 aromatic carbocycles. The number of rotatable bonds is 7. The summed E-state index contributed by atoms with van der Waals surface area (Å²) in [5, 5.41) is 12.0. The first-order chi connectivity index (χ1) is 11.6. The maximum atomic E-state index is 12.2. The van der Waals surface area contributed by atoms with Gasteiger partial charge in [-0.05, 0) is 51.8 Å². The Kier molecular flexibility index (Phi) is 5.95. The lowest BCUT2D eigenvalue weighted by molar-refractivity contribution is 0.0463. The number of ether oxygens (including phenoxy) is 2. The molecule has 0 bridgehead atoms. The second-order valence-corrected chi connectivity index (χ2v) is 9.29. The number of benzene rings is 1. The zero-order valence-electron chi connectivity index (χ0n) is 14.7. The van der Waals surface area contributed by atoms with E-state index >= 15 is 0 Å². The lowest BCUT2D eigenvalue weighted by atomic mass is 10.2. The van der Waals surface area contributed by atoms with Crippen LogP contribution in [0.15, 0.2) is 29.2 Å². The van der Waals surface area contributed by atoms with E-state index in [-0.39, 0.29) is 23.3 Å². The number of carbonyl (C=O) groups is 1. The number of hydrogen-bond donors (Lipinski definition) is 2. The van der Waals surface area contributed by atoms with E-state index in [1.54, 1.807) is 39.0 Å². The molecule has 0 aromatic heterocycles. The van der Waals surface area contributed by atoms with Crippen molar-refractivity contribution in [2.75, 3.05) is 13.2 Å². The monoisotopic (exact) mass is 371 g/mol. The zero-order valence-corrected chi connectivity index (χ0v) is 15.5. The fourth-order valence-electron chi connectivity index (χ4n) is 2.08. The van der Waals surface area contributed by atoms with E-state index < -0.39 is 27.6 Å². The second-order valence-electron chi connectivity index (χ2n) is 7.07. The first kappa shape index (κ1) is 19.5. The minimum Gasteiger partial charge on any atom is -0.491 e. The predicted octanol–water partition coefficient (Wildman–Crippen LogP) is 1.89.